The molecule has 0 saturated carbocycles. The van der Waals surface area contributed by atoms with Gasteiger partial charge in [-0.3, -0.25) is 4.79 Å². The Kier molecular flexibility index (Phi) is 7.03. The van der Waals surface area contributed by atoms with E-state index in [4.69, 9.17) is 33.7 Å². The molecule has 1 heterocycles. The van der Waals surface area contributed by atoms with Gasteiger partial charge in [0.05, 0.1) is 11.1 Å². The fraction of sp³-hybridized carbons (Fsp3) is 0.533. The molecule has 0 spiro atoms. The van der Waals surface area contributed by atoms with Crippen molar-refractivity contribution in [3.05, 3.63) is 27.7 Å². The molecule has 1 amide bonds. The second-order valence-corrected chi connectivity index (χ2v) is 6.29. The van der Waals surface area contributed by atoms with E-state index in [1.165, 1.54) is 12.1 Å². The molecule has 3 N–H and O–H groups in total. The Hall–Kier alpha value is -1.15. The molecule has 2 rings (SSSR count). The highest BCUT2D eigenvalue weighted by atomic mass is 35.5. The average molecular weight is 383 g/mol. The van der Waals surface area contributed by atoms with Crippen molar-refractivity contribution < 1.29 is 23.0 Å². The molecule has 0 bridgehead atoms. The molecule has 1 aliphatic heterocycles. The lowest BCUT2D eigenvalue weighted by Crippen LogP contribution is -2.46. The van der Waals surface area contributed by atoms with E-state index in [1.54, 1.807) is 0 Å². The van der Waals surface area contributed by atoms with Gasteiger partial charge in [-0.15, -0.1) is 0 Å². The normalized spacial score (nSPS) is 16.9. The monoisotopic (exact) mass is 382 g/mol. The molecule has 1 atom stereocenters. The van der Waals surface area contributed by atoms with E-state index in [-0.39, 0.29) is 39.7 Å². The Morgan fingerprint density at radius 2 is 2.04 bits per heavy atom. The van der Waals surface area contributed by atoms with E-state index in [0.29, 0.717) is 26.1 Å². The highest BCUT2D eigenvalue weighted by molar-refractivity contribution is 6.35. The number of nitrogens with two attached hydrogens (primary N) is 1. The molecule has 0 aliphatic carbocycles. The number of hydrogen-bond acceptors (Lipinski definition) is 4. The Bertz CT molecular complexity index is 584. The number of nitrogens with one attached hydrogen (secondary N) is 1. The quantitative estimate of drug-likeness (QED) is 0.792. The van der Waals surface area contributed by atoms with Crippen molar-refractivity contribution in [2.24, 2.45) is 11.7 Å². The summed E-state index contributed by atoms with van der Waals surface area (Å²) in [5.74, 6) is -0.560. The summed E-state index contributed by atoms with van der Waals surface area (Å²) in [7, 11) is 0. The summed E-state index contributed by atoms with van der Waals surface area (Å²) in [5, 5.41) is 2.81. The van der Waals surface area contributed by atoms with Crippen LogP contribution in [0.4, 0.5) is 8.78 Å². The largest absolute Gasteiger partial charge is 0.433 e. The molecule has 0 aromatic heterocycles. The van der Waals surface area contributed by atoms with Crippen LogP contribution in [0.15, 0.2) is 12.1 Å². The summed E-state index contributed by atoms with van der Waals surface area (Å²) in [6, 6.07) is 2.01. The summed E-state index contributed by atoms with van der Waals surface area (Å²) < 4.78 is 34.7. The summed E-state index contributed by atoms with van der Waals surface area (Å²) in [6.45, 7) is -1.97. The van der Waals surface area contributed by atoms with Gasteiger partial charge in [0.25, 0.3) is 0 Å². The molecule has 1 aromatic rings. The number of halogens is 4. The van der Waals surface area contributed by atoms with Crippen molar-refractivity contribution in [1.82, 2.24) is 5.32 Å². The van der Waals surface area contributed by atoms with Gasteiger partial charge in [-0.05, 0) is 30.9 Å². The molecular weight excluding hydrogens is 365 g/mol. The predicted octanol–water partition coefficient (Wildman–Crippen LogP) is 2.96. The maximum absolute atomic E-state index is 12.5. The molecule has 0 radical (unpaired) electrons. The van der Waals surface area contributed by atoms with Crippen molar-refractivity contribution in [2.75, 3.05) is 13.2 Å². The summed E-state index contributed by atoms with van der Waals surface area (Å²) in [4.78, 5) is 12.2. The fourth-order valence-electron chi connectivity index (χ4n) is 2.56. The molecule has 1 fully saturated rings. The van der Waals surface area contributed by atoms with Gasteiger partial charge in [0, 0.05) is 30.3 Å². The Morgan fingerprint density at radius 1 is 1.38 bits per heavy atom. The third kappa shape index (κ3) is 5.17. The second kappa shape index (κ2) is 8.80. The molecule has 1 aliphatic rings. The van der Waals surface area contributed by atoms with E-state index < -0.39 is 12.7 Å². The second-order valence-electron chi connectivity index (χ2n) is 5.45. The van der Waals surface area contributed by atoms with Gasteiger partial charge in [0.1, 0.15) is 5.75 Å². The number of carbonyl (C=O) groups excluding carboxylic acids is 1. The van der Waals surface area contributed by atoms with Crippen LogP contribution in [0.5, 0.6) is 5.75 Å². The van der Waals surface area contributed by atoms with Crippen LogP contribution in [-0.2, 0) is 16.1 Å². The van der Waals surface area contributed by atoms with Gasteiger partial charge in [0.2, 0.25) is 5.91 Å². The van der Waals surface area contributed by atoms with Crippen LogP contribution in [0.1, 0.15) is 18.4 Å². The topological polar surface area (TPSA) is 73.6 Å². The number of benzene rings is 1. The Labute approximate surface area is 148 Å². The predicted molar refractivity (Wildman–Crippen MR) is 86.5 cm³/mol. The van der Waals surface area contributed by atoms with Crippen molar-refractivity contribution in [2.45, 2.75) is 32.0 Å². The third-order valence-corrected chi connectivity index (χ3v) is 4.32. The summed E-state index contributed by atoms with van der Waals surface area (Å²) in [6.07, 6.45) is 1.41. The standard InChI is InChI=1S/C15H18Cl2F2N2O3/c16-10-5-9(13(11(17)6-10)24-15(18)19)7-21-14(22)12(20)8-1-3-23-4-2-8/h5-6,8,12,15H,1-4,7,20H2,(H,21,22). The average Bonchev–Trinajstić information content (AvgIpc) is 2.55. The van der Waals surface area contributed by atoms with Crippen LogP contribution in [0.2, 0.25) is 10.0 Å². The number of hydrogen-bond donors (Lipinski definition) is 2. The number of amides is 1. The van der Waals surface area contributed by atoms with Crippen LogP contribution in [-0.4, -0.2) is 31.8 Å². The van der Waals surface area contributed by atoms with Crippen molar-refractivity contribution in [3.8, 4) is 5.75 Å². The molecule has 1 aromatic carbocycles. The van der Waals surface area contributed by atoms with E-state index >= 15 is 0 Å². The number of ether oxygens (including phenoxy) is 2. The number of carbonyl (C=O) groups is 1. The maximum atomic E-state index is 12.5. The lowest BCUT2D eigenvalue weighted by Gasteiger charge is -2.26. The molecule has 134 valence electrons. The number of rotatable bonds is 6. The third-order valence-electron chi connectivity index (χ3n) is 3.82. The van der Waals surface area contributed by atoms with Gasteiger partial charge >= 0.3 is 6.61 Å². The van der Waals surface area contributed by atoms with Gasteiger partial charge in [-0.1, -0.05) is 23.2 Å². The lowest BCUT2D eigenvalue weighted by molar-refractivity contribution is -0.124. The minimum Gasteiger partial charge on any atom is -0.433 e. The first-order valence-corrected chi connectivity index (χ1v) is 8.18. The highest BCUT2D eigenvalue weighted by Crippen LogP contribution is 2.33. The van der Waals surface area contributed by atoms with E-state index in [0.717, 1.165) is 0 Å². The van der Waals surface area contributed by atoms with Crippen LogP contribution in [0.25, 0.3) is 0 Å². The summed E-state index contributed by atoms with van der Waals surface area (Å²) in [5.41, 5.74) is 6.21. The summed E-state index contributed by atoms with van der Waals surface area (Å²) >= 11 is 11.8. The molecule has 5 nitrogen and oxygen atoms in total. The zero-order chi connectivity index (χ0) is 17.7. The first-order chi connectivity index (χ1) is 11.4. The SMILES string of the molecule is NC(C(=O)NCc1cc(Cl)cc(Cl)c1OC(F)F)C1CCOCC1. The van der Waals surface area contributed by atoms with Crippen LogP contribution < -0.4 is 15.8 Å². The van der Waals surface area contributed by atoms with Crippen molar-refractivity contribution >= 4 is 29.1 Å². The molecule has 9 heteroatoms. The smallest absolute Gasteiger partial charge is 0.387 e. The lowest BCUT2D eigenvalue weighted by atomic mass is 9.92. The van der Waals surface area contributed by atoms with E-state index in [2.05, 4.69) is 10.1 Å². The van der Waals surface area contributed by atoms with Gasteiger partial charge in [-0.25, -0.2) is 0 Å². The maximum Gasteiger partial charge on any atom is 0.387 e. The van der Waals surface area contributed by atoms with Crippen LogP contribution in [0.3, 0.4) is 0 Å². The van der Waals surface area contributed by atoms with Crippen LogP contribution in [0, 0.1) is 5.92 Å². The first kappa shape index (κ1) is 19.2. The Morgan fingerprint density at radius 3 is 2.67 bits per heavy atom. The van der Waals surface area contributed by atoms with E-state index in [9.17, 15) is 13.6 Å². The Balaban J connectivity index is 2.03. The molecule has 1 unspecified atom stereocenters. The first-order valence-electron chi connectivity index (χ1n) is 7.42. The molecule has 1 saturated heterocycles. The van der Waals surface area contributed by atoms with Gasteiger partial charge in [0.15, 0.2) is 0 Å². The minimum atomic E-state index is -3.04. The number of alkyl halides is 2. The van der Waals surface area contributed by atoms with Crippen molar-refractivity contribution in [3.63, 3.8) is 0 Å². The zero-order valence-corrected chi connectivity index (χ0v) is 14.2. The minimum absolute atomic E-state index is 0.0264. The van der Waals surface area contributed by atoms with Crippen LogP contribution >= 0.6 is 23.2 Å². The highest BCUT2D eigenvalue weighted by Gasteiger charge is 2.26. The zero-order valence-electron chi connectivity index (χ0n) is 12.7. The molecule has 24 heavy (non-hydrogen) atoms. The van der Waals surface area contributed by atoms with Crippen molar-refractivity contribution in [1.29, 1.82) is 0 Å². The fourth-order valence-corrected chi connectivity index (χ4v) is 3.14. The van der Waals surface area contributed by atoms with Gasteiger partial charge < -0.3 is 20.5 Å². The molecular formula is C15H18Cl2F2N2O3. The van der Waals surface area contributed by atoms with Gasteiger partial charge in [-0.2, -0.15) is 8.78 Å². The van der Waals surface area contributed by atoms with E-state index in [1.807, 2.05) is 0 Å².